The van der Waals surface area contributed by atoms with Gasteiger partial charge in [0.15, 0.2) is 0 Å². The van der Waals surface area contributed by atoms with Crippen molar-refractivity contribution >= 4 is 11.4 Å². The lowest BCUT2D eigenvalue weighted by atomic mass is 9.94. The maximum absolute atomic E-state index is 13.6. The summed E-state index contributed by atoms with van der Waals surface area (Å²) in [5.74, 6) is 0.597. The molecule has 1 aromatic rings. The average molecular weight is 345 g/mol. The first-order valence-electron chi connectivity index (χ1n) is 8.49. The van der Waals surface area contributed by atoms with Crippen LogP contribution in [-0.2, 0) is 6.18 Å². The molecule has 0 radical (unpaired) electrons. The summed E-state index contributed by atoms with van der Waals surface area (Å²) in [7, 11) is 1.86. The Balaban J connectivity index is 3.37. The van der Waals surface area contributed by atoms with Crippen LogP contribution in [0.15, 0.2) is 12.1 Å². The molecule has 0 saturated carbocycles. The minimum atomic E-state index is -4.42. The number of aryl methyl sites for hydroxylation is 1. The van der Waals surface area contributed by atoms with Crippen molar-refractivity contribution in [3.63, 3.8) is 0 Å². The summed E-state index contributed by atoms with van der Waals surface area (Å²) in [6, 6.07) is 3.02. The minimum absolute atomic E-state index is 0.131. The number of nitrogen functional groups attached to an aromatic ring is 1. The molecule has 0 aromatic heterocycles. The summed E-state index contributed by atoms with van der Waals surface area (Å²) >= 11 is 0. The standard InChI is InChI=1S/C18H30F3N3/c1-6-9-24(11-14(10-23-5)12(2)3)17-15(22)8-7-13(4)16(17)18(19,20)21/h7-8,12,14,23H,6,9-11,22H2,1-5H3. The topological polar surface area (TPSA) is 41.3 Å². The summed E-state index contributed by atoms with van der Waals surface area (Å²) in [6.07, 6.45) is -3.66. The van der Waals surface area contributed by atoms with Crippen LogP contribution in [0.1, 0.15) is 38.3 Å². The van der Waals surface area contributed by atoms with E-state index in [-0.39, 0.29) is 22.9 Å². The summed E-state index contributed by atoms with van der Waals surface area (Å²) in [6.45, 7) is 9.49. The van der Waals surface area contributed by atoms with Crippen LogP contribution in [0.5, 0.6) is 0 Å². The predicted molar refractivity (Wildman–Crippen MR) is 95.4 cm³/mol. The number of anilines is 2. The van der Waals surface area contributed by atoms with Crippen molar-refractivity contribution < 1.29 is 13.2 Å². The lowest BCUT2D eigenvalue weighted by molar-refractivity contribution is -0.137. The second-order valence-corrected chi connectivity index (χ2v) is 6.70. The molecular weight excluding hydrogens is 315 g/mol. The molecule has 3 nitrogen and oxygen atoms in total. The van der Waals surface area contributed by atoms with Crippen molar-refractivity contribution in [2.24, 2.45) is 11.8 Å². The number of alkyl halides is 3. The van der Waals surface area contributed by atoms with Crippen molar-refractivity contribution in [2.75, 3.05) is 37.3 Å². The van der Waals surface area contributed by atoms with Crippen LogP contribution in [0.25, 0.3) is 0 Å². The Morgan fingerprint density at radius 1 is 1.25 bits per heavy atom. The maximum Gasteiger partial charge on any atom is 0.418 e. The third kappa shape index (κ3) is 5.03. The molecular formula is C18H30F3N3. The molecule has 138 valence electrons. The number of nitrogens with zero attached hydrogens (tertiary/aromatic N) is 1. The molecule has 1 unspecified atom stereocenters. The van der Waals surface area contributed by atoms with Gasteiger partial charge in [-0.15, -0.1) is 0 Å². The van der Waals surface area contributed by atoms with E-state index >= 15 is 0 Å². The number of hydrogen-bond acceptors (Lipinski definition) is 3. The number of nitrogens with one attached hydrogen (secondary N) is 1. The Hall–Kier alpha value is -1.43. The molecule has 0 saturated heterocycles. The highest BCUT2D eigenvalue weighted by molar-refractivity contribution is 5.74. The van der Waals surface area contributed by atoms with E-state index in [0.717, 1.165) is 13.0 Å². The van der Waals surface area contributed by atoms with Gasteiger partial charge in [-0.25, -0.2) is 0 Å². The smallest absolute Gasteiger partial charge is 0.397 e. The van der Waals surface area contributed by atoms with Crippen molar-refractivity contribution in [3.8, 4) is 0 Å². The zero-order valence-electron chi connectivity index (χ0n) is 15.3. The monoisotopic (exact) mass is 345 g/mol. The van der Waals surface area contributed by atoms with Gasteiger partial charge in [0.1, 0.15) is 0 Å². The molecule has 0 heterocycles. The number of halogens is 3. The number of rotatable bonds is 8. The Labute approximate surface area is 143 Å². The largest absolute Gasteiger partial charge is 0.418 e. The van der Waals surface area contributed by atoms with Crippen LogP contribution in [0.4, 0.5) is 24.5 Å². The van der Waals surface area contributed by atoms with Gasteiger partial charge in [0.05, 0.1) is 16.9 Å². The van der Waals surface area contributed by atoms with Gasteiger partial charge in [-0.2, -0.15) is 13.2 Å². The van der Waals surface area contributed by atoms with E-state index in [9.17, 15) is 13.2 Å². The number of hydrogen-bond donors (Lipinski definition) is 2. The van der Waals surface area contributed by atoms with Gasteiger partial charge in [0.25, 0.3) is 0 Å². The van der Waals surface area contributed by atoms with Gasteiger partial charge < -0.3 is 16.0 Å². The van der Waals surface area contributed by atoms with E-state index in [2.05, 4.69) is 19.2 Å². The second kappa shape index (κ2) is 8.60. The third-order valence-electron chi connectivity index (χ3n) is 4.37. The molecule has 0 spiro atoms. The van der Waals surface area contributed by atoms with Crippen LogP contribution in [0, 0.1) is 18.8 Å². The first-order chi connectivity index (χ1) is 11.1. The molecule has 6 heteroatoms. The fourth-order valence-electron chi connectivity index (χ4n) is 3.03. The summed E-state index contributed by atoms with van der Waals surface area (Å²) in [5.41, 5.74) is 5.91. The maximum atomic E-state index is 13.6. The average Bonchev–Trinajstić information content (AvgIpc) is 2.46. The van der Waals surface area contributed by atoms with Gasteiger partial charge in [-0.3, -0.25) is 0 Å². The molecule has 24 heavy (non-hydrogen) atoms. The molecule has 0 bridgehead atoms. The lowest BCUT2D eigenvalue weighted by Gasteiger charge is -2.34. The van der Waals surface area contributed by atoms with Crippen LogP contribution in [-0.4, -0.2) is 26.7 Å². The van der Waals surface area contributed by atoms with Gasteiger partial charge in [0, 0.05) is 13.1 Å². The minimum Gasteiger partial charge on any atom is -0.397 e. The normalized spacial score (nSPS) is 13.4. The van der Waals surface area contributed by atoms with Crippen LogP contribution in [0.2, 0.25) is 0 Å². The molecule has 0 aliphatic heterocycles. The zero-order valence-corrected chi connectivity index (χ0v) is 15.3. The number of nitrogens with two attached hydrogens (primary N) is 1. The Morgan fingerprint density at radius 3 is 2.33 bits per heavy atom. The van der Waals surface area contributed by atoms with E-state index in [0.29, 0.717) is 19.0 Å². The van der Waals surface area contributed by atoms with E-state index in [4.69, 9.17) is 5.73 Å². The van der Waals surface area contributed by atoms with Crippen molar-refractivity contribution in [1.29, 1.82) is 0 Å². The van der Waals surface area contributed by atoms with E-state index in [1.807, 2.05) is 18.9 Å². The predicted octanol–water partition coefficient (Wildman–Crippen LogP) is 4.30. The summed E-state index contributed by atoms with van der Waals surface area (Å²) in [5, 5.41) is 3.14. The molecule has 1 rings (SSSR count). The van der Waals surface area contributed by atoms with Crippen molar-refractivity contribution in [1.82, 2.24) is 5.32 Å². The Bertz CT molecular complexity index is 527. The molecule has 0 fully saturated rings. The molecule has 1 aromatic carbocycles. The van der Waals surface area contributed by atoms with Crippen molar-refractivity contribution in [2.45, 2.75) is 40.3 Å². The SMILES string of the molecule is CCCN(CC(CNC)C(C)C)c1c(N)ccc(C)c1C(F)(F)F. The fraction of sp³-hybridized carbons (Fsp3) is 0.667. The van der Waals surface area contributed by atoms with Crippen LogP contribution >= 0.6 is 0 Å². The van der Waals surface area contributed by atoms with Crippen molar-refractivity contribution in [3.05, 3.63) is 23.3 Å². The second-order valence-electron chi connectivity index (χ2n) is 6.70. The molecule has 1 atom stereocenters. The third-order valence-corrected chi connectivity index (χ3v) is 4.37. The highest BCUT2D eigenvalue weighted by Gasteiger charge is 2.38. The zero-order chi connectivity index (χ0) is 18.5. The number of benzene rings is 1. The Morgan fingerprint density at radius 2 is 1.88 bits per heavy atom. The molecule has 0 amide bonds. The molecule has 0 aliphatic rings. The lowest BCUT2D eigenvalue weighted by Crippen LogP contribution is -2.38. The highest BCUT2D eigenvalue weighted by Crippen LogP contribution is 2.42. The van der Waals surface area contributed by atoms with Gasteiger partial charge in [0.2, 0.25) is 0 Å². The first-order valence-corrected chi connectivity index (χ1v) is 8.49. The highest BCUT2D eigenvalue weighted by atomic mass is 19.4. The van der Waals surface area contributed by atoms with Gasteiger partial charge >= 0.3 is 6.18 Å². The van der Waals surface area contributed by atoms with Gasteiger partial charge in [-0.05, 0) is 50.4 Å². The molecule has 3 N–H and O–H groups in total. The summed E-state index contributed by atoms with van der Waals surface area (Å²) < 4.78 is 40.9. The molecule has 0 aliphatic carbocycles. The Kier molecular flexibility index (Phi) is 7.39. The van der Waals surface area contributed by atoms with Gasteiger partial charge in [-0.1, -0.05) is 26.8 Å². The van der Waals surface area contributed by atoms with E-state index in [1.165, 1.54) is 13.0 Å². The van der Waals surface area contributed by atoms with Crippen LogP contribution in [0.3, 0.4) is 0 Å². The van der Waals surface area contributed by atoms with Crippen LogP contribution < -0.4 is 16.0 Å². The fourth-order valence-corrected chi connectivity index (χ4v) is 3.03. The quantitative estimate of drug-likeness (QED) is 0.690. The van der Waals surface area contributed by atoms with E-state index in [1.54, 1.807) is 6.07 Å². The first kappa shape index (κ1) is 20.6. The summed E-state index contributed by atoms with van der Waals surface area (Å²) in [4.78, 5) is 1.81. The van der Waals surface area contributed by atoms with E-state index < -0.39 is 11.7 Å².